The van der Waals surface area contributed by atoms with Crippen molar-refractivity contribution in [1.29, 1.82) is 0 Å². The molecule has 0 aliphatic rings. The molecule has 2 N–H and O–H groups in total. The van der Waals surface area contributed by atoms with Crippen molar-refractivity contribution in [1.82, 2.24) is 14.8 Å². The second-order valence-electron chi connectivity index (χ2n) is 5.59. The predicted molar refractivity (Wildman–Crippen MR) is 85.2 cm³/mol. The quantitative estimate of drug-likeness (QED) is 0.858. The molecule has 22 heavy (non-hydrogen) atoms. The first-order valence-electron chi connectivity index (χ1n) is 7.47. The van der Waals surface area contributed by atoms with Crippen LogP contribution in [0.3, 0.4) is 0 Å². The molecule has 0 spiro atoms. The van der Waals surface area contributed by atoms with E-state index in [0.717, 1.165) is 17.9 Å². The Labute approximate surface area is 130 Å². The summed E-state index contributed by atoms with van der Waals surface area (Å²) in [5, 5.41) is 20.6. The molecule has 0 fully saturated rings. The van der Waals surface area contributed by atoms with Gasteiger partial charge < -0.3 is 15.0 Å². The number of carbonyl (C=O) groups is 1. The summed E-state index contributed by atoms with van der Waals surface area (Å²) in [6.45, 7) is 6.57. The Balaban J connectivity index is 2.11. The Morgan fingerprint density at radius 1 is 1.41 bits per heavy atom. The van der Waals surface area contributed by atoms with Crippen molar-refractivity contribution in [2.45, 2.75) is 39.8 Å². The van der Waals surface area contributed by atoms with E-state index in [4.69, 9.17) is 0 Å². The van der Waals surface area contributed by atoms with Crippen LogP contribution < -0.4 is 5.32 Å². The van der Waals surface area contributed by atoms with Crippen LogP contribution in [0.25, 0.3) is 11.4 Å². The topological polar surface area (TPSA) is 80.0 Å². The molecule has 6 nitrogen and oxygen atoms in total. The van der Waals surface area contributed by atoms with Crippen molar-refractivity contribution in [2.24, 2.45) is 5.92 Å². The Morgan fingerprint density at radius 2 is 2.18 bits per heavy atom. The van der Waals surface area contributed by atoms with Crippen molar-refractivity contribution in [3.63, 3.8) is 0 Å². The third-order valence-electron chi connectivity index (χ3n) is 3.52. The maximum Gasteiger partial charge on any atom is 0.226 e. The number of nitrogens with one attached hydrogen (secondary N) is 1. The van der Waals surface area contributed by atoms with Crippen LogP contribution in [0.4, 0.5) is 5.69 Å². The summed E-state index contributed by atoms with van der Waals surface area (Å²) in [5.41, 5.74) is 1.57. The maximum absolute atomic E-state index is 11.9. The van der Waals surface area contributed by atoms with E-state index < -0.39 is 6.10 Å². The highest BCUT2D eigenvalue weighted by Gasteiger charge is 2.15. The Kier molecular flexibility index (Phi) is 5.27. The van der Waals surface area contributed by atoms with Gasteiger partial charge in [-0.3, -0.25) is 4.79 Å². The van der Waals surface area contributed by atoms with Crippen LogP contribution in [0, 0.1) is 5.92 Å². The van der Waals surface area contributed by atoms with Gasteiger partial charge in [0.2, 0.25) is 5.91 Å². The lowest BCUT2D eigenvalue weighted by molar-refractivity contribution is -0.118. The van der Waals surface area contributed by atoms with Crippen LogP contribution in [-0.2, 0) is 11.3 Å². The van der Waals surface area contributed by atoms with Gasteiger partial charge in [-0.2, -0.15) is 0 Å². The SMILES string of the molecule is CCn1cnnc1-c1cccc(NC(=O)CC(O)C(C)C)c1. The second kappa shape index (κ2) is 7.17. The largest absolute Gasteiger partial charge is 0.392 e. The highest BCUT2D eigenvalue weighted by molar-refractivity contribution is 5.91. The lowest BCUT2D eigenvalue weighted by Crippen LogP contribution is -2.23. The van der Waals surface area contributed by atoms with Gasteiger partial charge in [0.05, 0.1) is 12.5 Å². The fourth-order valence-corrected chi connectivity index (χ4v) is 2.08. The number of hydrogen-bond acceptors (Lipinski definition) is 4. The van der Waals surface area contributed by atoms with Crippen LogP contribution in [0.2, 0.25) is 0 Å². The van der Waals surface area contributed by atoms with Gasteiger partial charge in [0, 0.05) is 17.8 Å². The first-order valence-corrected chi connectivity index (χ1v) is 7.47. The summed E-state index contributed by atoms with van der Waals surface area (Å²) < 4.78 is 1.93. The normalized spacial score (nSPS) is 12.4. The summed E-state index contributed by atoms with van der Waals surface area (Å²) in [5.74, 6) is 0.622. The molecule has 0 aliphatic heterocycles. The molecule has 1 amide bonds. The van der Waals surface area contributed by atoms with Crippen molar-refractivity contribution in [3.8, 4) is 11.4 Å². The minimum absolute atomic E-state index is 0.0557. The lowest BCUT2D eigenvalue weighted by atomic mass is 10.0. The van der Waals surface area contributed by atoms with E-state index in [1.165, 1.54) is 0 Å². The molecule has 1 aromatic carbocycles. The number of nitrogens with zero attached hydrogens (tertiary/aromatic N) is 3. The second-order valence-corrected chi connectivity index (χ2v) is 5.59. The first kappa shape index (κ1) is 16.2. The minimum Gasteiger partial charge on any atom is -0.392 e. The zero-order valence-corrected chi connectivity index (χ0v) is 13.2. The van der Waals surface area contributed by atoms with Crippen LogP contribution in [0.1, 0.15) is 27.2 Å². The molecule has 0 saturated heterocycles. The van der Waals surface area contributed by atoms with Gasteiger partial charge in [0.25, 0.3) is 0 Å². The first-order chi connectivity index (χ1) is 10.5. The molecule has 6 heteroatoms. The minimum atomic E-state index is -0.633. The number of aliphatic hydroxyl groups is 1. The maximum atomic E-state index is 11.9. The fourth-order valence-electron chi connectivity index (χ4n) is 2.08. The standard InChI is InChI=1S/C16H22N4O2/c1-4-20-10-17-19-16(20)12-6-5-7-13(8-12)18-15(22)9-14(21)11(2)3/h5-8,10-11,14,21H,4,9H2,1-3H3,(H,18,22). The van der Waals surface area contributed by atoms with E-state index in [1.54, 1.807) is 6.33 Å². The van der Waals surface area contributed by atoms with E-state index in [9.17, 15) is 9.90 Å². The van der Waals surface area contributed by atoms with E-state index in [2.05, 4.69) is 15.5 Å². The van der Waals surface area contributed by atoms with Gasteiger partial charge in [0.15, 0.2) is 5.82 Å². The summed E-state index contributed by atoms with van der Waals surface area (Å²) in [6.07, 6.45) is 1.14. The number of benzene rings is 1. The summed E-state index contributed by atoms with van der Waals surface area (Å²) in [4.78, 5) is 11.9. The Hall–Kier alpha value is -2.21. The third-order valence-corrected chi connectivity index (χ3v) is 3.52. The van der Waals surface area contributed by atoms with Gasteiger partial charge in [0.1, 0.15) is 6.33 Å². The number of amides is 1. The molecule has 1 aromatic heterocycles. The van der Waals surface area contributed by atoms with Gasteiger partial charge in [-0.25, -0.2) is 0 Å². The van der Waals surface area contributed by atoms with Crippen LogP contribution in [0.5, 0.6) is 0 Å². The summed E-state index contributed by atoms with van der Waals surface area (Å²) in [6, 6.07) is 7.46. The van der Waals surface area contributed by atoms with E-state index in [-0.39, 0.29) is 18.2 Å². The van der Waals surface area contributed by atoms with Gasteiger partial charge in [-0.1, -0.05) is 26.0 Å². The Morgan fingerprint density at radius 3 is 2.86 bits per heavy atom. The van der Waals surface area contributed by atoms with Crippen LogP contribution in [0.15, 0.2) is 30.6 Å². The molecule has 0 saturated carbocycles. The monoisotopic (exact) mass is 302 g/mol. The number of aromatic nitrogens is 3. The number of aryl methyl sites for hydroxylation is 1. The van der Waals surface area contributed by atoms with Crippen LogP contribution in [-0.4, -0.2) is 31.9 Å². The molecule has 0 aliphatic carbocycles. The molecule has 1 atom stereocenters. The molecule has 1 heterocycles. The highest BCUT2D eigenvalue weighted by atomic mass is 16.3. The molecular formula is C16H22N4O2. The number of anilines is 1. The molecule has 2 aromatic rings. The Bertz CT molecular complexity index is 637. The number of hydrogen-bond donors (Lipinski definition) is 2. The number of carbonyl (C=O) groups excluding carboxylic acids is 1. The molecule has 118 valence electrons. The van der Waals surface area contributed by atoms with E-state index in [0.29, 0.717) is 5.69 Å². The number of rotatable bonds is 6. The molecular weight excluding hydrogens is 280 g/mol. The lowest BCUT2D eigenvalue weighted by Gasteiger charge is -2.14. The molecule has 2 rings (SSSR count). The number of aliphatic hydroxyl groups excluding tert-OH is 1. The van der Waals surface area contributed by atoms with Gasteiger partial charge in [-0.05, 0) is 25.0 Å². The van der Waals surface area contributed by atoms with E-state index in [1.807, 2.05) is 49.6 Å². The van der Waals surface area contributed by atoms with Crippen molar-refractivity contribution in [3.05, 3.63) is 30.6 Å². The predicted octanol–water partition coefficient (Wildman–Crippen LogP) is 2.31. The van der Waals surface area contributed by atoms with Crippen molar-refractivity contribution in [2.75, 3.05) is 5.32 Å². The van der Waals surface area contributed by atoms with E-state index >= 15 is 0 Å². The average molecular weight is 302 g/mol. The zero-order valence-electron chi connectivity index (χ0n) is 13.2. The van der Waals surface area contributed by atoms with Crippen LogP contribution >= 0.6 is 0 Å². The smallest absolute Gasteiger partial charge is 0.226 e. The fraction of sp³-hybridized carbons (Fsp3) is 0.438. The summed E-state index contributed by atoms with van der Waals surface area (Å²) >= 11 is 0. The molecule has 0 bridgehead atoms. The third kappa shape index (κ3) is 3.92. The molecule has 1 unspecified atom stereocenters. The molecule has 0 radical (unpaired) electrons. The zero-order chi connectivity index (χ0) is 16.1. The van der Waals surface area contributed by atoms with Crippen molar-refractivity contribution < 1.29 is 9.90 Å². The highest BCUT2D eigenvalue weighted by Crippen LogP contribution is 2.21. The van der Waals surface area contributed by atoms with Crippen molar-refractivity contribution >= 4 is 11.6 Å². The van der Waals surface area contributed by atoms with Gasteiger partial charge in [-0.15, -0.1) is 10.2 Å². The average Bonchev–Trinajstić information content (AvgIpc) is 2.95. The van der Waals surface area contributed by atoms with Gasteiger partial charge >= 0.3 is 0 Å². The summed E-state index contributed by atoms with van der Waals surface area (Å²) in [7, 11) is 0.